The molecule has 0 aliphatic heterocycles. The van der Waals surface area contributed by atoms with Crippen molar-refractivity contribution in [2.24, 2.45) is 0 Å². The van der Waals surface area contributed by atoms with Gasteiger partial charge in [0.1, 0.15) is 12.1 Å². The molecule has 3 rings (SSSR count). The number of nitrogens with one attached hydrogen (secondary N) is 1. The summed E-state index contributed by atoms with van der Waals surface area (Å²) in [7, 11) is -3.32. The van der Waals surface area contributed by atoms with E-state index in [0.29, 0.717) is 16.7 Å². The van der Waals surface area contributed by atoms with E-state index in [0.717, 1.165) is 11.8 Å². The third-order valence-corrected chi connectivity index (χ3v) is 4.79. The lowest BCUT2D eigenvalue weighted by Crippen LogP contribution is -2.13. The van der Waals surface area contributed by atoms with Gasteiger partial charge in [-0.3, -0.25) is 0 Å². The summed E-state index contributed by atoms with van der Waals surface area (Å²) in [4.78, 5) is 8.51. The first-order valence-electron chi connectivity index (χ1n) is 7.37. The van der Waals surface area contributed by atoms with E-state index < -0.39 is 15.9 Å². The number of aliphatic hydroxyl groups is 1. The van der Waals surface area contributed by atoms with Gasteiger partial charge in [-0.2, -0.15) is 0 Å². The smallest absolute Gasteiger partial charge is 0.175 e. The molecule has 0 amide bonds. The maximum Gasteiger partial charge on any atom is 0.175 e. The van der Waals surface area contributed by atoms with Gasteiger partial charge in [0.15, 0.2) is 9.84 Å². The van der Waals surface area contributed by atoms with Crippen LogP contribution in [-0.4, -0.2) is 36.3 Å². The Labute approximate surface area is 140 Å². The Bertz CT molecular complexity index is 959. The fourth-order valence-corrected chi connectivity index (χ4v) is 3.04. The molecule has 7 heteroatoms. The van der Waals surface area contributed by atoms with Gasteiger partial charge in [0.2, 0.25) is 0 Å². The van der Waals surface area contributed by atoms with Crippen LogP contribution in [0.1, 0.15) is 11.7 Å². The fourth-order valence-electron chi connectivity index (χ4n) is 2.39. The first-order valence-corrected chi connectivity index (χ1v) is 9.26. The Morgan fingerprint density at radius 3 is 2.58 bits per heavy atom. The van der Waals surface area contributed by atoms with Crippen molar-refractivity contribution in [2.75, 3.05) is 18.1 Å². The number of hydrogen-bond donors (Lipinski definition) is 2. The van der Waals surface area contributed by atoms with Crippen LogP contribution in [0.2, 0.25) is 0 Å². The summed E-state index contributed by atoms with van der Waals surface area (Å²) in [5, 5.41) is 13.9. The second-order valence-corrected chi connectivity index (χ2v) is 7.50. The van der Waals surface area contributed by atoms with Crippen LogP contribution < -0.4 is 5.32 Å². The van der Waals surface area contributed by atoms with E-state index in [9.17, 15) is 13.5 Å². The molecule has 0 fully saturated rings. The average Bonchev–Trinajstić information content (AvgIpc) is 2.59. The lowest BCUT2D eigenvalue weighted by molar-refractivity contribution is 0.191. The first kappa shape index (κ1) is 16.4. The minimum Gasteiger partial charge on any atom is -0.387 e. The monoisotopic (exact) mass is 343 g/mol. The SMILES string of the molecule is CS(=O)(=O)c1ccc2ncnc(NCC(O)c3ccccc3)c2c1. The number of benzene rings is 2. The van der Waals surface area contributed by atoms with Crippen molar-refractivity contribution in [3.63, 3.8) is 0 Å². The molecule has 2 aromatic carbocycles. The third-order valence-electron chi connectivity index (χ3n) is 3.68. The van der Waals surface area contributed by atoms with Crippen molar-refractivity contribution >= 4 is 26.6 Å². The molecular formula is C17H17N3O3S. The number of sulfone groups is 1. The summed E-state index contributed by atoms with van der Waals surface area (Å²) in [6.45, 7) is 0.249. The molecule has 3 aromatic rings. The molecule has 0 saturated heterocycles. The van der Waals surface area contributed by atoms with Gasteiger partial charge in [0.25, 0.3) is 0 Å². The zero-order valence-corrected chi connectivity index (χ0v) is 13.9. The van der Waals surface area contributed by atoms with Crippen LogP contribution in [0.5, 0.6) is 0 Å². The van der Waals surface area contributed by atoms with Gasteiger partial charge >= 0.3 is 0 Å². The molecule has 0 aliphatic rings. The van der Waals surface area contributed by atoms with E-state index in [-0.39, 0.29) is 11.4 Å². The highest BCUT2D eigenvalue weighted by atomic mass is 32.2. The van der Waals surface area contributed by atoms with Gasteiger partial charge in [0.05, 0.1) is 16.5 Å². The number of hydrogen-bond acceptors (Lipinski definition) is 6. The molecule has 0 aliphatic carbocycles. The zero-order chi connectivity index (χ0) is 17.2. The minimum absolute atomic E-state index is 0.205. The Morgan fingerprint density at radius 1 is 1.12 bits per heavy atom. The number of rotatable bonds is 5. The zero-order valence-electron chi connectivity index (χ0n) is 13.0. The highest BCUT2D eigenvalue weighted by Crippen LogP contribution is 2.23. The van der Waals surface area contributed by atoms with Gasteiger partial charge in [-0.15, -0.1) is 0 Å². The number of aromatic nitrogens is 2. The summed E-state index contributed by atoms with van der Waals surface area (Å²) in [6.07, 6.45) is 1.86. The van der Waals surface area contributed by atoms with Crippen molar-refractivity contribution in [2.45, 2.75) is 11.0 Å². The normalized spacial score (nSPS) is 12.9. The highest BCUT2D eigenvalue weighted by Gasteiger charge is 2.12. The predicted octanol–water partition coefficient (Wildman–Crippen LogP) is 2.18. The summed E-state index contributed by atoms with van der Waals surface area (Å²) < 4.78 is 23.5. The number of fused-ring (bicyclic) bond motifs is 1. The van der Waals surface area contributed by atoms with Crippen LogP contribution in [0, 0.1) is 0 Å². The molecule has 0 bridgehead atoms. The van der Waals surface area contributed by atoms with Crippen molar-refractivity contribution in [1.82, 2.24) is 9.97 Å². The molecule has 1 atom stereocenters. The first-order chi connectivity index (χ1) is 11.4. The summed E-state index contributed by atoms with van der Waals surface area (Å²) in [5.41, 5.74) is 1.43. The highest BCUT2D eigenvalue weighted by molar-refractivity contribution is 7.90. The molecule has 6 nitrogen and oxygen atoms in total. The Balaban J connectivity index is 1.89. The fraction of sp³-hybridized carbons (Fsp3) is 0.176. The van der Waals surface area contributed by atoms with Gasteiger partial charge in [0, 0.05) is 18.2 Å². The van der Waals surface area contributed by atoms with E-state index in [1.165, 1.54) is 12.4 Å². The van der Waals surface area contributed by atoms with Gasteiger partial charge in [-0.05, 0) is 23.8 Å². The topological polar surface area (TPSA) is 92.2 Å². The summed E-state index contributed by atoms with van der Waals surface area (Å²) >= 11 is 0. The lowest BCUT2D eigenvalue weighted by atomic mass is 10.1. The number of anilines is 1. The van der Waals surface area contributed by atoms with Crippen LogP contribution in [0.15, 0.2) is 59.8 Å². The van der Waals surface area contributed by atoms with Gasteiger partial charge in [-0.1, -0.05) is 30.3 Å². The Kier molecular flexibility index (Phi) is 4.46. The maximum absolute atomic E-state index is 11.7. The molecule has 124 valence electrons. The maximum atomic E-state index is 11.7. The minimum atomic E-state index is -3.32. The van der Waals surface area contributed by atoms with Crippen LogP contribution in [0.25, 0.3) is 10.9 Å². The largest absolute Gasteiger partial charge is 0.387 e. The predicted molar refractivity (Wildman–Crippen MR) is 92.5 cm³/mol. The molecule has 1 unspecified atom stereocenters. The van der Waals surface area contributed by atoms with Crippen molar-refractivity contribution in [3.05, 3.63) is 60.4 Å². The van der Waals surface area contributed by atoms with E-state index in [1.54, 1.807) is 12.1 Å². The molecule has 2 N–H and O–H groups in total. The molecule has 0 spiro atoms. The summed E-state index contributed by atoms with van der Waals surface area (Å²) in [5.74, 6) is 0.487. The van der Waals surface area contributed by atoms with Crippen LogP contribution >= 0.6 is 0 Å². The Hall–Kier alpha value is -2.51. The summed E-state index contributed by atoms with van der Waals surface area (Å²) in [6, 6.07) is 14.0. The van der Waals surface area contributed by atoms with Crippen LogP contribution in [-0.2, 0) is 9.84 Å². The molecule has 1 heterocycles. The van der Waals surface area contributed by atoms with Crippen molar-refractivity contribution in [3.8, 4) is 0 Å². The Morgan fingerprint density at radius 2 is 1.88 bits per heavy atom. The van der Waals surface area contributed by atoms with Gasteiger partial charge in [-0.25, -0.2) is 18.4 Å². The van der Waals surface area contributed by atoms with Crippen LogP contribution in [0.4, 0.5) is 5.82 Å². The molecule has 1 aromatic heterocycles. The third kappa shape index (κ3) is 3.52. The molecule has 0 radical (unpaired) electrons. The van der Waals surface area contributed by atoms with Gasteiger partial charge < -0.3 is 10.4 Å². The van der Waals surface area contributed by atoms with Crippen LogP contribution in [0.3, 0.4) is 0 Å². The van der Waals surface area contributed by atoms with E-state index in [1.807, 2.05) is 30.3 Å². The molecular weight excluding hydrogens is 326 g/mol. The molecule has 0 saturated carbocycles. The van der Waals surface area contributed by atoms with Crippen molar-refractivity contribution < 1.29 is 13.5 Å². The second-order valence-electron chi connectivity index (χ2n) is 5.48. The average molecular weight is 343 g/mol. The lowest BCUT2D eigenvalue weighted by Gasteiger charge is -2.14. The van der Waals surface area contributed by atoms with E-state index in [2.05, 4.69) is 15.3 Å². The number of nitrogens with zero attached hydrogens (tertiary/aromatic N) is 2. The molecule has 24 heavy (non-hydrogen) atoms. The second kappa shape index (κ2) is 6.54. The quantitative estimate of drug-likeness (QED) is 0.738. The van der Waals surface area contributed by atoms with E-state index in [4.69, 9.17) is 0 Å². The standard InChI is InChI=1S/C17H17N3O3S/c1-24(22,23)13-7-8-15-14(9-13)17(20-11-19-15)18-10-16(21)12-5-3-2-4-6-12/h2-9,11,16,21H,10H2,1H3,(H,18,19,20). The number of aliphatic hydroxyl groups excluding tert-OH is 1. The van der Waals surface area contributed by atoms with E-state index >= 15 is 0 Å². The van der Waals surface area contributed by atoms with Crippen molar-refractivity contribution in [1.29, 1.82) is 0 Å².